The van der Waals surface area contributed by atoms with E-state index in [9.17, 15) is 10.1 Å². The molecule has 0 atom stereocenters. The van der Waals surface area contributed by atoms with Gasteiger partial charge in [-0.2, -0.15) is 5.10 Å². The molecule has 2 N–H and O–H groups in total. The average molecular weight is 269 g/mol. The van der Waals surface area contributed by atoms with Crippen molar-refractivity contribution in [3.8, 4) is 11.5 Å². The summed E-state index contributed by atoms with van der Waals surface area (Å²) in [5.41, 5.74) is 2.83. The van der Waals surface area contributed by atoms with Crippen molar-refractivity contribution in [2.45, 2.75) is 0 Å². The number of aliphatic hydroxyl groups excluding tert-OH is 1. The average Bonchev–Trinajstić information content (AvgIpc) is 2.42. The molecule has 0 aliphatic rings. The van der Waals surface area contributed by atoms with Gasteiger partial charge < -0.3 is 20.0 Å². The van der Waals surface area contributed by atoms with Crippen LogP contribution in [0.2, 0.25) is 0 Å². The van der Waals surface area contributed by atoms with Crippen molar-refractivity contribution < 1.29 is 19.5 Å². The molecule has 0 aromatic heterocycles. The Morgan fingerprint density at radius 2 is 2.11 bits per heavy atom. The van der Waals surface area contributed by atoms with E-state index < -0.39 is 4.92 Å². The van der Waals surface area contributed by atoms with Gasteiger partial charge >= 0.3 is 5.69 Å². The van der Waals surface area contributed by atoms with E-state index in [0.717, 1.165) is 0 Å². The minimum atomic E-state index is -0.545. The Hall–Kier alpha value is -2.35. The topological polar surface area (TPSA) is 106 Å². The number of nitrogens with one attached hydrogen (secondary N) is 1. The summed E-state index contributed by atoms with van der Waals surface area (Å²) in [6, 6.07) is 2.73. The molecule has 0 bridgehead atoms. The van der Waals surface area contributed by atoms with Crippen LogP contribution in [-0.2, 0) is 0 Å². The van der Waals surface area contributed by atoms with E-state index in [4.69, 9.17) is 14.6 Å². The molecule has 19 heavy (non-hydrogen) atoms. The summed E-state index contributed by atoms with van der Waals surface area (Å²) >= 11 is 0. The standard InChI is InChI=1S/C11H15N3O5/c1-18-10-6-11(19-2)9(14(16)17)5-8(10)7-13-12-3-4-15/h5-7,12,15H,3-4H2,1-2H3. The predicted molar refractivity (Wildman–Crippen MR) is 68.9 cm³/mol. The van der Waals surface area contributed by atoms with Crippen molar-refractivity contribution in [1.82, 2.24) is 5.43 Å². The number of benzene rings is 1. The van der Waals surface area contributed by atoms with Gasteiger partial charge in [0.2, 0.25) is 5.75 Å². The maximum Gasteiger partial charge on any atom is 0.311 e. The molecule has 0 radical (unpaired) electrons. The Morgan fingerprint density at radius 1 is 1.42 bits per heavy atom. The van der Waals surface area contributed by atoms with Crippen LogP contribution in [0.4, 0.5) is 5.69 Å². The van der Waals surface area contributed by atoms with Crippen molar-refractivity contribution in [1.29, 1.82) is 0 Å². The lowest BCUT2D eigenvalue weighted by Crippen LogP contribution is -2.11. The Kier molecular flexibility index (Phi) is 5.55. The van der Waals surface area contributed by atoms with Crippen molar-refractivity contribution in [2.75, 3.05) is 27.4 Å². The summed E-state index contributed by atoms with van der Waals surface area (Å²) in [5.74, 6) is 0.513. The number of hydrogen-bond donors (Lipinski definition) is 2. The van der Waals surface area contributed by atoms with E-state index in [2.05, 4.69) is 10.5 Å². The van der Waals surface area contributed by atoms with E-state index in [-0.39, 0.29) is 24.6 Å². The highest BCUT2D eigenvalue weighted by molar-refractivity contribution is 5.85. The normalized spacial score (nSPS) is 10.5. The molecule has 0 saturated heterocycles. The Labute approximate surface area is 109 Å². The van der Waals surface area contributed by atoms with Crippen LogP contribution in [0.5, 0.6) is 11.5 Å². The number of methoxy groups -OCH3 is 2. The first-order valence-electron chi connectivity index (χ1n) is 5.41. The second-order valence-corrected chi connectivity index (χ2v) is 3.41. The molecule has 0 aliphatic carbocycles. The van der Waals surface area contributed by atoms with E-state index >= 15 is 0 Å². The number of hydrazone groups is 1. The lowest BCUT2D eigenvalue weighted by atomic mass is 10.1. The maximum absolute atomic E-state index is 10.9. The van der Waals surface area contributed by atoms with E-state index in [0.29, 0.717) is 11.3 Å². The molecule has 0 aliphatic heterocycles. The number of hydrogen-bond acceptors (Lipinski definition) is 7. The van der Waals surface area contributed by atoms with Gasteiger partial charge in [-0.1, -0.05) is 0 Å². The van der Waals surface area contributed by atoms with Gasteiger partial charge in [-0.15, -0.1) is 0 Å². The molecular formula is C11H15N3O5. The van der Waals surface area contributed by atoms with Gasteiger partial charge in [0.25, 0.3) is 0 Å². The molecular weight excluding hydrogens is 254 g/mol. The van der Waals surface area contributed by atoms with Crippen LogP contribution < -0.4 is 14.9 Å². The fourth-order valence-corrected chi connectivity index (χ4v) is 1.38. The van der Waals surface area contributed by atoms with Crippen molar-refractivity contribution >= 4 is 11.9 Å². The van der Waals surface area contributed by atoms with Crippen LogP contribution >= 0.6 is 0 Å². The van der Waals surface area contributed by atoms with Gasteiger partial charge in [0.15, 0.2) is 0 Å². The first kappa shape index (κ1) is 14.7. The number of ether oxygens (including phenoxy) is 2. The van der Waals surface area contributed by atoms with Gasteiger partial charge in [-0.3, -0.25) is 10.1 Å². The summed E-state index contributed by atoms with van der Waals surface area (Å²) in [5, 5.41) is 23.3. The lowest BCUT2D eigenvalue weighted by molar-refractivity contribution is -0.385. The zero-order valence-corrected chi connectivity index (χ0v) is 10.6. The molecule has 0 fully saturated rings. The summed E-state index contributed by atoms with van der Waals surface area (Å²) < 4.78 is 10.0. The SMILES string of the molecule is COc1cc(OC)c([N+](=O)[O-])cc1C=NNCCO. The van der Waals surface area contributed by atoms with Crippen molar-refractivity contribution in [2.24, 2.45) is 5.10 Å². The maximum atomic E-state index is 10.9. The third-order valence-electron chi connectivity index (χ3n) is 2.25. The van der Waals surface area contributed by atoms with Crippen LogP contribution in [0.3, 0.4) is 0 Å². The third kappa shape index (κ3) is 3.81. The molecule has 0 spiro atoms. The Morgan fingerprint density at radius 3 is 2.63 bits per heavy atom. The quantitative estimate of drug-likeness (QED) is 0.323. The van der Waals surface area contributed by atoms with Crippen LogP contribution in [0.25, 0.3) is 0 Å². The molecule has 1 aromatic rings. The molecule has 0 unspecified atom stereocenters. The molecule has 8 nitrogen and oxygen atoms in total. The number of nitro groups is 1. The zero-order valence-electron chi connectivity index (χ0n) is 10.6. The summed E-state index contributed by atoms with van der Waals surface area (Å²) in [7, 11) is 2.79. The largest absolute Gasteiger partial charge is 0.496 e. The fraction of sp³-hybridized carbons (Fsp3) is 0.364. The number of nitro benzene ring substituents is 1. The molecule has 0 heterocycles. The van der Waals surface area contributed by atoms with Crippen LogP contribution in [0, 0.1) is 10.1 Å². The number of aliphatic hydroxyl groups is 1. The molecule has 8 heteroatoms. The van der Waals surface area contributed by atoms with Crippen LogP contribution in [0.1, 0.15) is 5.56 Å². The van der Waals surface area contributed by atoms with Crippen molar-refractivity contribution in [3.63, 3.8) is 0 Å². The van der Waals surface area contributed by atoms with Crippen molar-refractivity contribution in [3.05, 3.63) is 27.8 Å². The van der Waals surface area contributed by atoms with E-state index in [1.54, 1.807) is 0 Å². The molecule has 0 saturated carbocycles. The van der Waals surface area contributed by atoms with Gasteiger partial charge in [-0.25, -0.2) is 0 Å². The molecule has 1 aromatic carbocycles. The highest BCUT2D eigenvalue weighted by Crippen LogP contribution is 2.33. The summed E-state index contributed by atoms with van der Waals surface area (Å²) in [6.07, 6.45) is 1.38. The van der Waals surface area contributed by atoms with E-state index in [1.807, 2.05) is 0 Å². The van der Waals surface area contributed by atoms with Gasteiger partial charge in [0.1, 0.15) is 5.75 Å². The van der Waals surface area contributed by atoms with Gasteiger partial charge in [-0.05, 0) is 0 Å². The number of rotatable bonds is 7. The molecule has 104 valence electrons. The molecule has 1 rings (SSSR count). The predicted octanol–water partition coefficient (Wildman–Crippen LogP) is 0.528. The Bertz CT molecular complexity index is 476. The minimum absolute atomic E-state index is 0.0583. The first-order valence-corrected chi connectivity index (χ1v) is 5.41. The summed E-state index contributed by atoms with van der Waals surface area (Å²) in [4.78, 5) is 10.4. The second-order valence-electron chi connectivity index (χ2n) is 3.41. The fourth-order valence-electron chi connectivity index (χ4n) is 1.38. The monoisotopic (exact) mass is 269 g/mol. The third-order valence-corrected chi connectivity index (χ3v) is 2.25. The highest BCUT2D eigenvalue weighted by Gasteiger charge is 2.18. The lowest BCUT2D eigenvalue weighted by Gasteiger charge is -2.08. The number of nitrogens with zero attached hydrogens (tertiary/aromatic N) is 2. The Balaban J connectivity index is 3.11. The summed E-state index contributed by atoms with van der Waals surface area (Å²) in [6.45, 7) is 0.230. The zero-order chi connectivity index (χ0) is 14.3. The minimum Gasteiger partial charge on any atom is -0.496 e. The van der Waals surface area contributed by atoms with Crippen LogP contribution in [-0.4, -0.2) is 43.6 Å². The highest BCUT2D eigenvalue weighted by atomic mass is 16.6. The first-order chi connectivity index (χ1) is 9.13. The smallest absolute Gasteiger partial charge is 0.311 e. The van der Waals surface area contributed by atoms with Gasteiger partial charge in [0, 0.05) is 17.7 Å². The molecule has 0 amide bonds. The van der Waals surface area contributed by atoms with Gasteiger partial charge in [0.05, 0.1) is 38.5 Å². The second kappa shape index (κ2) is 7.17. The van der Waals surface area contributed by atoms with E-state index in [1.165, 1.54) is 32.6 Å². The van der Waals surface area contributed by atoms with Crippen LogP contribution in [0.15, 0.2) is 17.2 Å².